The highest BCUT2D eigenvalue weighted by Crippen LogP contribution is 2.19. The van der Waals surface area contributed by atoms with Crippen molar-refractivity contribution in [2.45, 2.75) is 437 Å². The lowest BCUT2D eigenvalue weighted by molar-refractivity contribution is -0.143. The van der Waals surface area contributed by atoms with E-state index >= 15 is 0 Å². The summed E-state index contributed by atoms with van der Waals surface area (Å²) in [5, 5.41) is 23.4. The van der Waals surface area contributed by atoms with Crippen LogP contribution >= 0.6 is 0 Å². The number of carbonyl (C=O) groups excluding carboxylic acids is 2. The second-order valence-corrected chi connectivity index (χ2v) is 26.3. The Labute approximate surface area is 525 Å². The van der Waals surface area contributed by atoms with E-state index in [9.17, 15) is 19.8 Å². The predicted molar refractivity (Wildman–Crippen MR) is 370 cm³/mol. The van der Waals surface area contributed by atoms with Crippen LogP contribution in [-0.2, 0) is 14.3 Å². The predicted octanol–water partition coefficient (Wildman–Crippen LogP) is 25.0. The average Bonchev–Trinajstić information content (AvgIpc) is 3.51. The number of allylic oxidation sites excluding steroid dienone is 6. The maximum atomic E-state index is 12.5. The van der Waals surface area contributed by atoms with E-state index in [4.69, 9.17) is 4.74 Å². The van der Waals surface area contributed by atoms with Crippen molar-refractivity contribution in [3.63, 3.8) is 0 Å². The van der Waals surface area contributed by atoms with Crippen molar-refractivity contribution in [3.05, 3.63) is 36.5 Å². The molecule has 496 valence electrons. The Morgan fingerprint density at radius 2 is 0.595 bits per heavy atom. The van der Waals surface area contributed by atoms with Crippen LogP contribution in [-0.4, -0.2) is 47.4 Å². The lowest BCUT2D eigenvalue weighted by atomic mass is 10.0. The molecule has 0 radical (unpaired) electrons. The lowest BCUT2D eigenvalue weighted by Crippen LogP contribution is -2.45. The quantitative estimate of drug-likeness (QED) is 0.0320. The van der Waals surface area contributed by atoms with Crippen molar-refractivity contribution in [2.24, 2.45) is 0 Å². The van der Waals surface area contributed by atoms with E-state index < -0.39 is 12.1 Å². The van der Waals surface area contributed by atoms with Crippen molar-refractivity contribution in [2.75, 3.05) is 13.2 Å². The molecule has 0 heterocycles. The van der Waals surface area contributed by atoms with Gasteiger partial charge >= 0.3 is 5.97 Å². The number of rotatable bonds is 72. The maximum absolute atomic E-state index is 12.5. The van der Waals surface area contributed by atoms with Crippen molar-refractivity contribution < 1.29 is 24.5 Å². The minimum Gasteiger partial charge on any atom is -0.466 e. The second-order valence-electron chi connectivity index (χ2n) is 26.3. The molecule has 6 heteroatoms. The standard InChI is InChI=1S/C78H149NO5/c1-3-5-7-9-11-13-15-17-19-21-40-44-48-52-56-60-64-68-72-78(83)84-73-69-65-61-57-53-49-45-41-37-35-33-31-29-27-25-23-22-24-26-28-30-32-34-36-39-43-47-51-55-59-63-67-71-77(82)79-75(74-80)76(81)70-66-62-58-54-50-46-42-38-20-18-16-14-12-10-8-6-4-2/h13,15,19,21,25,27,75-76,80-81H,3-12,14,16-18,20,22-24,26,28-74H2,1-2H3,(H,79,82)/b15-13-,21-19-,27-25-. The van der Waals surface area contributed by atoms with E-state index in [-0.39, 0.29) is 18.5 Å². The van der Waals surface area contributed by atoms with E-state index in [0.29, 0.717) is 25.9 Å². The zero-order chi connectivity index (χ0) is 60.6. The Bertz CT molecular complexity index is 1360. The molecule has 84 heavy (non-hydrogen) atoms. The van der Waals surface area contributed by atoms with Crippen LogP contribution in [0.3, 0.4) is 0 Å². The monoisotopic (exact) mass is 1180 g/mol. The Morgan fingerprint density at radius 3 is 0.929 bits per heavy atom. The SMILES string of the molecule is CCCCCC/C=C\C/C=C\CCCCCCCCCC(=O)OCCCCCCCCCCCCCC/C=C\CCCCCCCCCCCCCCCCCCC(=O)NC(CO)C(O)CCCCCCCCCCCCCCCCCCC. The summed E-state index contributed by atoms with van der Waals surface area (Å²) in [6.45, 7) is 4.97. The third kappa shape index (κ3) is 69.2. The summed E-state index contributed by atoms with van der Waals surface area (Å²) in [4.78, 5) is 24.6. The molecule has 0 bridgehead atoms. The van der Waals surface area contributed by atoms with Gasteiger partial charge in [0.05, 0.1) is 25.4 Å². The highest BCUT2D eigenvalue weighted by Gasteiger charge is 2.20. The van der Waals surface area contributed by atoms with E-state index in [0.717, 1.165) is 51.4 Å². The second kappa shape index (κ2) is 73.5. The van der Waals surface area contributed by atoms with Crippen LogP contribution in [0.4, 0.5) is 0 Å². The molecule has 0 aliphatic heterocycles. The minimum atomic E-state index is -0.663. The van der Waals surface area contributed by atoms with Crippen molar-refractivity contribution in [3.8, 4) is 0 Å². The van der Waals surface area contributed by atoms with Gasteiger partial charge in [-0.2, -0.15) is 0 Å². The molecule has 1 amide bonds. The van der Waals surface area contributed by atoms with Crippen molar-refractivity contribution in [1.29, 1.82) is 0 Å². The van der Waals surface area contributed by atoms with Crippen LogP contribution in [0.15, 0.2) is 36.5 Å². The van der Waals surface area contributed by atoms with Gasteiger partial charge < -0.3 is 20.3 Å². The number of amides is 1. The highest BCUT2D eigenvalue weighted by molar-refractivity contribution is 5.76. The van der Waals surface area contributed by atoms with Gasteiger partial charge in [0, 0.05) is 12.8 Å². The number of aliphatic hydroxyl groups excluding tert-OH is 2. The average molecular weight is 1180 g/mol. The summed E-state index contributed by atoms with van der Waals surface area (Å²) in [6.07, 6.45) is 95.0. The van der Waals surface area contributed by atoms with Gasteiger partial charge in [-0.25, -0.2) is 0 Å². The van der Waals surface area contributed by atoms with Gasteiger partial charge in [-0.1, -0.05) is 365 Å². The van der Waals surface area contributed by atoms with Gasteiger partial charge in [0.15, 0.2) is 0 Å². The van der Waals surface area contributed by atoms with E-state index in [1.54, 1.807) is 0 Å². The first-order valence-corrected chi connectivity index (χ1v) is 38.2. The van der Waals surface area contributed by atoms with E-state index in [1.165, 1.54) is 340 Å². The molecule has 0 saturated carbocycles. The summed E-state index contributed by atoms with van der Waals surface area (Å²) >= 11 is 0. The third-order valence-electron chi connectivity index (χ3n) is 17.9. The fraction of sp³-hybridized carbons (Fsp3) is 0.897. The zero-order valence-electron chi connectivity index (χ0n) is 56.9. The van der Waals surface area contributed by atoms with E-state index in [1.807, 2.05) is 0 Å². The van der Waals surface area contributed by atoms with Crippen LogP contribution in [0.2, 0.25) is 0 Å². The Morgan fingerprint density at radius 1 is 0.333 bits per heavy atom. The molecule has 0 saturated heterocycles. The molecular weight excluding hydrogens is 1030 g/mol. The smallest absolute Gasteiger partial charge is 0.305 e. The number of unbranched alkanes of at least 4 members (excludes halogenated alkanes) is 55. The number of hydrogen-bond donors (Lipinski definition) is 3. The molecule has 0 aliphatic rings. The molecule has 0 aromatic heterocycles. The summed E-state index contributed by atoms with van der Waals surface area (Å²) < 4.78 is 5.51. The normalized spacial score (nSPS) is 12.7. The van der Waals surface area contributed by atoms with Gasteiger partial charge in [0.1, 0.15) is 0 Å². The topological polar surface area (TPSA) is 95.9 Å². The largest absolute Gasteiger partial charge is 0.466 e. The van der Waals surface area contributed by atoms with Gasteiger partial charge in [-0.05, 0) is 83.5 Å². The van der Waals surface area contributed by atoms with Crippen LogP contribution < -0.4 is 5.32 Å². The van der Waals surface area contributed by atoms with Crippen LogP contribution in [0.1, 0.15) is 425 Å². The summed E-state index contributed by atoms with van der Waals surface area (Å²) in [6, 6.07) is -0.540. The highest BCUT2D eigenvalue weighted by atomic mass is 16.5. The Kier molecular flexibility index (Phi) is 71.9. The number of ether oxygens (including phenoxy) is 1. The first-order valence-electron chi connectivity index (χ1n) is 38.2. The maximum Gasteiger partial charge on any atom is 0.305 e. The summed E-state index contributed by atoms with van der Waals surface area (Å²) in [7, 11) is 0. The first kappa shape index (κ1) is 82.1. The van der Waals surface area contributed by atoms with Crippen molar-refractivity contribution in [1.82, 2.24) is 5.32 Å². The van der Waals surface area contributed by atoms with Crippen LogP contribution in [0.5, 0.6) is 0 Å². The fourth-order valence-corrected chi connectivity index (χ4v) is 12.1. The lowest BCUT2D eigenvalue weighted by Gasteiger charge is -2.22. The molecule has 2 unspecified atom stereocenters. The first-order chi connectivity index (χ1) is 41.5. The zero-order valence-corrected chi connectivity index (χ0v) is 56.9. The summed E-state index contributed by atoms with van der Waals surface area (Å²) in [5.74, 6) is -0.0172. The molecule has 0 spiro atoms. The number of hydrogen-bond acceptors (Lipinski definition) is 5. The molecule has 0 fully saturated rings. The van der Waals surface area contributed by atoms with Crippen LogP contribution in [0.25, 0.3) is 0 Å². The molecule has 0 aliphatic carbocycles. The van der Waals surface area contributed by atoms with Crippen LogP contribution in [0, 0.1) is 0 Å². The molecule has 0 aromatic carbocycles. The number of esters is 1. The number of nitrogens with one attached hydrogen (secondary N) is 1. The fourth-order valence-electron chi connectivity index (χ4n) is 12.1. The molecule has 0 rings (SSSR count). The van der Waals surface area contributed by atoms with Gasteiger partial charge in [0.25, 0.3) is 0 Å². The molecule has 3 N–H and O–H groups in total. The number of carbonyl (C=O) groups is 2. The van der Waals surface area contributed by atoms with Gasteiger partial charge in [0.2, 0.25) is 5.91 Å². The van der Waals surface area contributed by atoms with Crippen molar-refractivity contribution >= 4 is 11.9 Å². The summed E-state index contributed by atoms with van der Waals surface area (Å²) in [5.41, 5.74) is 0. The van der Waals surface area contributed by atoms with Gasteiger partial charge in [-0.15, -0.1) is 0 Å². The Hall–Kier alpha value is -1.92. The minimum absolute atomic E-state index is 0.0115. The molecule has 0 aromatic rings. The van der Waals surface area contributed by atoms with Gasteiger partial charge in [-0.3, -0.25) is 9.59 Å². The third-order valence-corrected chi connectivity index (χ3v) is 17.9. The Balaban J connectivity index is 3.35. The molecular formula is C78H149NO5. The molecule has 6 nitrogen and oxygen atoms in total. The number of aliphatic hydroxyl groups is 2. The molecule has 2 atom stereocenters. The van der Waals surface area contributed by atoms with E-state index in [2.05, 4.69) is 55.6 Å².